The van der Waals surface area contributed by atoms with E-state index in [1.54, 1.807) is 6.07 Å². The lowest BCUT2D eigenvalue weighted by Gasteiger charge is -2.19. The topological polar surface area (TPSA) is 64.4 Å². The van der Waals surface area contributed by atoms with Gasteiger partial charge in [-0.25, -0.2) is 4.79 Å². The Kier molecular flexibility index (Phi) is 3.11. The molecule has 5 nitrogen and oxygen atoms in total. The van der Waals surface area contributed by atoms with Crippen molar-refractivity contribution in [1.82, 2.24) is 10.5 Å². The Bertz CT molecular complexity index is 288. The number of hydrogen-bond acceptors (Lipinski definition) is 4. The molecule has 0 aromatic carbocycles. The van der Waals surface area contributed by atoms with E-state index in [2.05, 4.69) is 15.0 Å². The summed E-state index contributed by atoms with van der Waals surface area (Å²) in [7, 11) is 0. The van der Waals surface area contributed by atoms with E-state index in [1.807, 2.05) is 20.8 Å². The third kappa shape index (κ3) is 3.93. The van der Waals surface area contributed by atoms with E-state index in [1.165, 1.54) is 6.26 Å². The molecule has 0 fully saturated rings. The van der Waals surface area contributed by atoms with Gasteiger partial charge in [0, 0.05) is 6.07 Å². The number of nitrogens with one attached hydrogen (secondary N) is 1. The van der Waals surface area contributed by atoms with Crippen LogP contribution in [0.2, 0.25) is 0 Å². The van der Waals surface area contributed by atoms with Crippen molar-refractivity contribution in [2.24, 2.45) is 0 Å². The summed E-state index contributed by atoms with van der Waals surface area (Å²) in [5.41, 5.74) is 0.185. The van der Waals surface area contributed by atoms with Gasteiger partial charge in [0.2, 0.25) is 0 Å². The van der Waals surface area contributed by atoms with Crippen molar-refractivity contribution < 1.29 is 14.1 Å². The third-order valence-corrected chi connectivity index (χ3v) is 1.30. The molecule has 0 aliphatic rings. The maximum absolute atomic E-state index is 11.2. The highest BCUT2D eigenvalue weighted by Crippen LogP contribution is 2.06. The molecule has 1 rings (SSSR count). The Morgan fingerprint density at radius 2 is 2.36 bits per heavy atom. The van der Waals surface area contributed by atoms with Crippen molar-refractivity contribution in [3.05, 3.63) is 18.0 Å². The highest BCUT2D eigenvalue weighted by molar-refractivity contribution is 5.67. The molecule has 78 valence electrons. The highest BCUT2D eigenvalue weighted by Gasteiger charge is 2.15. The number of hydrogen-bond donors (Lipinski definition) is 1. The SMILES string of the molecule is CC(C)(C)OC(=O)NCc1ccon1. The Morgan fingerprint density at radius 1 is 1.64 bits per heavy atom. The summed E-state index contributed by atoms with van der Waals surface area (Å²) in [5.74, 6) is 0. The summed E-state index contributed by atoms with van der Waals surface area (Å²) in [6, 6.07) is 1.68. The van der Waals surface area contributed by atoms with Crippen LogP contribution in [0.3, 0.4) is 0 Å². The van der Waals surface area contributed by atoms with Crippen LogP contribution in [0, 0.1) is 0 Å². The molecule has 1 amide bonds. The average molecular weight is 198 g/mol. The number of alkyl carbamates (subject to hydrolysis) is 1. The maximum atomic E-state index is 11.2. The molecule has 1 heterocycles. The normalized spacial score (nSPS) is 11.1. The zero-order chi connectivity index (χ0) is 10.6. The lowest BCUT2D eigenvalue weighted by molar-refractivity contribution is 0.0522. The van der Waals surface area contributed by atoms with E-state index in [4.69, 9.17) is 4.74 Å². The number of amides is 1. The Hall–Kier alpha value is -1.52. The predicted octanol–water partition coefficient (Wildman–Crippen LogP) is 1.70. The molecule has 0 bridgehead atoms. The second-order valence-electron chi connectivity index (χ2n) is 3.85. The van der Waals surface area contributed by atoms with Gasteiger partial charge in [-0.15, -0.1) is 0 Å². The molecule has 1 N–H and O–H groups in total. The largest absolute Gasteiger partial charge is 0.444 e. The van der Waals surface area contributed by atoms with Gasteiger partial charge in [-0.3, -0.25) is 0 Å². The number of carbonyl (C=O) groups excluding carboxylic acids is 1. The van der Waals surface area contributed by atoms with E-state index < -0.39 is 11.7 Å². The van der Waals surface area contributed by atoms with Crippen molar-refractivity contribution in [2.75, 3.05) is 0 Å². The Labute approximate surface area is 82.4 Å². The molecule has 5 heteroatoms. The number of rotatable bonds is 2. The molecular formula is C9H14N2O3. The number of ether oxygens (including phenoxy) is 1. The Morgan fingerprint density at radius 3 is 2.86 bits per heavy atom. The van der Waals surface area contributed by atoms with Gasteiger partial charge in [-0.1, -0.05) is 5.16 Å². The van der Waals surface area contributed by atoms with Gasteiger partial charge in [-0.05, 0) is 20.8 Å². The van der Waals surface area contributed by atoms with E-state index in [9.17, 15) is 4.79 Å². The van der Waals surface area contributed by atoms with Crippen LogP contribution in [0.4, 0.5) is 4.79 Å². The van der Waals surface area contributed by atoms with Gasteiger partial charge >= 0.3 is 6.09 Å². The molecule has 0 aliphatic carbocycles. The monoisotopic (exact) mass is 198 g/mol. The van der Waals surface area contributed by atoms with Gasteiger partial charge in [0.25, 0.3) is 0 Å². The summed E-state index contributed by atoms with van der Waals surface area (Å²) in [6.07, 6.45) is 0.993. The molecule has 1 aromatic rings. The second-order valence-corrected chi connectivity index (χ2v) is 3.85. The third-order valence-electron chi connectivity index (χ3n) is 1.30. The van der Waals surface area contributed by atoms with Crippen LogP contribution in [0.5, 0.6) is 0 Å². The molecule has 0 radical (unpaired) electrons. The van der Waals surface area contributed by atoms with Crippen LogP contribution >= 0.6 is 0 Å². The molecule has 0 aliphatic heterocycles. The second kappa shape index (κ2) is 4.13. The smallest absolute Gasteiger partial charge is 0.407 e. The molecule has 14 heavy (non-hydrogen) atoms. The van der Waals surface area contributed by atoms with Crippen molar-refractivity contribution in [3.63, 3.8) is 0 Å². The fourth-order valence-corrected chi connectivity index (χ4v) is 0.806. The van der Waals surface area contributed by atoms with E-state index >= 15 is 0 Å². The first kappa shape index (κ1) is 10.6. The average Bonchev–Trinajstić information content (AvgIpc) is 2.49. The van der Waals surface area contributed by atoms with E-state index in [-0.39, 0.29) is 0 Å². The van der Waals surface area contributed by atoms with E-state index in [0.717, 1.165) is 0 Å². The van der Waals surface area contributed by atoms with Gasteiger partial charge in [0.05, 0.1) is 6.54 Å². The quantitative estimate of drug-likeness (QED) is 0.785. The van der Waals surface area contributed by atoms with Crippen LogP contribution in [-0.2, 0) is 11.3 Å². The minimum Gasteiger partial charge on any atom is -0.444 e. The number of nitrogens with zero attached hydrogens (tertiary/aromatic N) is 1. The summed E-state index contributed by atoms with van der Waals surface area (Å²) in [5, 5.41) is 6.20. The van der Waals surface area contributed by atoms with Crippen LogP contribution in [-0.4, -0.2) is 16.9 Å². The number of aromatic nitrogens is 1. The van der Waals surface area contributed by atoms with Crippen LogP contribution in [0.15, 0.2) is 16.9 Å². The maximum Gasteiger partial charge on any atom is 0.407 e. The first-order valence-electron chi connectivity index (χ1n) is 4.33. The van der Waals surface area contributed by atoms with Crippen molar-refractivity contribution in [3.8, 4) is 0 Å². The van der Waals surface area contributed by atoms with Crippen molar-refractivity contribution in [1.29, 1.82) is 0 Å². The zero-order valence-electron chi connectivity index (χ0n) is 8.53. The minimum absolute atomic E-state index is 0.311. The van der Waals surface area contributed by atoms with Crippen molar-refractivity contribution >= 4 is 6.09 Å². The standard InChI is InChI=1S/C9H14N2O3/c1-9(2,3)14-8(12)10-6-7-4-5-13-11-7/h4-5H,6H2,1-3H3,(H,10,12). The predicted molar refractivity (Wildman–Crippen MR) is 49.6 cm³/mol. The first-order valence-corrected chi connectivity index (χ1v) is 4.33. The van der Waals surface area contributed by atoms with Gasteiger partial charge in [0.15, 0.2) is 0 Å². The first-order chi connectivity index (χ1) is 6.47. The summed E-state index contributed by atoms with van der Waals surface area (Å²) < 4.78 is 9.63. The summed E-state index contributed by atoms with van der Waals surface area (Å²) >= 11 is 0. The lowest BCUT2D eigenvalue weighted by Crippen LogP contribution is -2.32. The number of carbonyl (C=O) groups is 1. The van der Waals surface area contributed by atoms with Crippen molar-refractivity contribution in [2.45, 2.75) is 32.9 Å². The molecule has 0 saturated heterocycles. The zero-order valence-corrected chi connectivity index (χ0v) is 8.53. The fourth-order valence-electron chi connectivity index (χ4n) is 0.806. The molecule has 0 atom stereocenters. The molecule has 0 saturated carbocycles. The molecule has 0 spiro atoms. The van der Waals surface area contributed by atoms with Crippen LogP contribution < -0.4 is 5.32 Å². The Balaban J connectivity index is 2.29. The van der Waals surface area contributed by atoms with Gasteiger partial charge in [-0.2, -0.15) is 0 Å². The van der Waals surface area contributed by atoms with Crippen LogP contribution in [0.1, 0.15) is 26.5 Å². The summed E-state index contributed by atoms with van der Waals surface area (Å²) in [6.45, 7) is 5.74. The van der Waals surface area contributed by atoms with Crippen LogP contribution in [0.25, 0.3) is 0 Å². The molecule has 0 unspecified atom stereocenters. The highest BCUT2D eigenvalue weighted by atomic mass is 16.6. The van der Waals surface area contributed by atoms with Gasteiger partial charge < -0.3 is 14.6 Å². The summed E-state index contributed by atoms with van der Waals surface area (Å²) in [4.78, 5) is 11.2. The fraction of sp³-hybridized carbons (Fsp3) is 0.556. The van der Waals surface area contributed by atoms with E-state index in [0.29, 0.717) is 12.2 Å². The minimum atomic E-state index is -0.478. The molecule has 1 aromatic heterocycles. The van der Waals surface area contributed by atoms with Gasteiger partial charge in [0.1, 0.15) is 17.6 Å². The lowest BCUT2D eigenvalue weighted by atomic mass is 10.2. The molecular weight excluding hydrogens is 184 g/mol.